The molecule has 0 saturated carbocycles. The van der Waals surface area contributed by atoms with Crippen molar-refractivity contribution in [3.8, 4) is 5.69 Å². The number of carbonyl (C=O) groups is 1. The number of carbonyl (C=O) groups excluding carboxylic acids is 1. The van der Waals surface area contributed by atoms with E-state index in [9.17, 15) is 4.79 Å². The lowest BCUT2D eigenvalue weighted by atomic mass is 9.87. The zero-order valence-corrected chi connectivity index (χ0v) is 22.1. The number of para-hydroxylation sites is 3. The number of allylic oxidation sites excluding steroid dienone is 1. The molecule has 0 radical (unpaired) electrons. The number of fused-ring (bicyclic) bond motifs is 6. The molecule has 0 bridgehead atoms. The van der Waals surface area contributed by atoms with E-state index in [0.717, 1.165) is 35.2 Å². The van der Waals surface area contributed by atoms with Gasteiger partial charge in [-0.25, -0.2) is 0 Å². The van der Waals surface area contributed by atoms with Crippen molar-refractivity contribution in [2.45, 2.75) is 24.8 Å². The number of nitrogens with zero attached hydrogens (tertiary/aromatic N) is 2. The molecule has 2 atom stereocenters. The standard InChI is InChI=1S/C37H28N2O/c40-37(25-17-21-27(22-18-25)38-33-13-5-1-9-29(33)30-10-2-6-14-34(30)38)26-19-23-28(24-20-26)39-35-15-7-3-11-31(35)32-12-4-8-16-36(32)39/h1-7,9-15,17-24,32,36H,8,16H2. The van der Waals surface area contributed by atoms with Crippen molar-refractivity contribution >= 4 is 39.0 Å². The fourth-order valence-corrected chi connectivity index (χ4v) is 6.82. The van der Waals surface area contributed by atoms with Gasteiger partial charge in [0.05, 0.1) is 11.0 Å². The Morgan fingerprint density at radius 1 is 0.625 bits per heavy atom. The van der Waals surface area contributed by atoms with Crippen molar-refractivity contribution in [3.05, 3.63) is 150 Å². The van der Waals surface area contributed by atoms with E-state index in [-0.39, 0.29) is 5.78 Å². The largest absolute Gasteiger partial charge is 0.337 e. The molecule has 0 amide bonds. The molecule has 5 aromatic carbocycles. The number of hydrogen-bond donors (Lipinski definition) is 0. The van der Waals surface area contributed by atoms with E-state index in [1.165, 1.54) is 22.0 Å². The zero-order valence-electron chi connectivity index (χ0n) is 22.1. The highest BCUT2D eigenvalue weighted by Gasteiger charge is 2.38. The van der Waals surface area contributed by atoms with Gasteiger partial charge in [-0.15, -0.1) is 0 Å². The Morgan fingerprint density at radius 2 is 1.20 bits per heavy atom. The summed E-state index contributed by atoms with van der Waals surface area (Å²) in [6, 6.07) is 42.3. The monoisotopic (exact) mass is 516 g/mol. The molecular formula is C37H28N2O. The lowest BCUT2D eigenvalue weighted by molar-refractivity contribution is 0.103. The number of aromatic nitrogens is 1. The highest BCUT2D eigenvalue weighted by Crippen LogP contribution is 2.48. The molecule has 2 aliphatic rings. The number of anilines is 2. The molecule has 192 valence electrons. The molecule has 8 rings (SSSR count). The molecule has 0 spiro atoms. The fourth-order valence-electron chi connectivity index (χ4n) is 6.82. The van der Waals surface area contributed by atoms with Gasteiger partial charge in [0.15, 0.2) is 5.78 Å². The maximum Gasteiger partial charge on any atom is 0.193 e. The highest BCUT2D eigenvalue weighted by molar-refractivity contribution is 6.10. The van der Waals surface area contributed by atoms with Crippen LogP contribution in [-0.2, 0) is 0 Å². The number of benzene rings is 5. The van der Waals surface area contributed by atoms with Crippen LogP contribution in [0.25, 0.3) is 27.5 Å². The second-order valence-electron chi connectivity index (χ2n) is 10.8. The van der Waals surface area contributed by atoms with Crippen molar-refractivity contribution in [2.24, 2.45) is 0 Å². The van der Waals surface area contributed by atoms with Crippen LogP contribution in [0, 0.1) is 0 Å². The SMILES string of the molecule is O=C(c1ccc(N2c3ccccc3C3C=CCCC32)cc1)c1ccc(-n2c3ccccc3c3ccccc32)cc1. The van der Waals surface area contributed by atoms with Gasteiger partial charge in [0.2, 0.25) is 0 Å². The minimum atomic E-state index is 0.0422. The number of rotatable bonds is 4. The Kier molecular flexibility index (Phi) is 5.24. The van der Waals surface area contributed by atoms with Crippen LogP contribution in [0.15, 0.2) is 133 Å². The quantitative estimate of drug-likeness (QED) is 0.173. The van der Waals surface area contributed by atoms with E-state index < -0.39 is 0 Å². The van der Waals surface area contributed by atoms with Gasteiger partial charge in [0.1, 0.15) is 0 Å². The number of hydrogen-bond acceptors (Lipinski definition) is 2. The van der Waals surface area contributed by atoms with Crippen LogP contribution in [0.5, 0.6) is 0 Å². The third-order valence-electron chi connectivity index (χ3n) is 8.65. The molecule has 1 aromatic heterocycles. The molecule has 2 unspecified atom stereocenters. The van der Waals surface area contributed by atoms with Crippen molar-refractivity contribution in [1.82, 2.24) is 4.57 Å². The van der Waals surface area contributed by atoms with Gasteiger partial charge >= 0.3 is 0 Å². The average molecular weight is 517 g/mol. The lowest BCUT2D eigenvalue weighted by Gasteiger charge is -2.31. The summed E-state index contributed by atoms with van der Waals surface area (Å²) in [6.07, 6.45) is 6.92. The van der Waals surface area contributed by atoms with Crippen LogP contribution >= 0.6 is 0 Å². The zero-order chi connectivity index (χ0) is 26.6. The molecule has 3 nitrogen and oxygen atoms in total. The summed E-state index contributed by atoms with van der Waals surface area (Å²) in [5.41, 5.74) is 8.61. The van der Waals surface area contributed by atoms with Crippen LogP contribution in [0.4, 0.5) is 11.4 Å². The third-order valence-corrected chi connectivity index (χ3v) is 8.65. The minimum Gasteiger partial charge on any atom is -0.337 e. The summed E-state index contributed by atoms with van der Waals surface area (Å²) in [7, 11) is 0. The first-order valence-corrected chi connectivity index (χ1v) is 14.1. The van der Waals surface area contributed by atoms with E-state index >= 15 is 0 Å². The Morgan fingerprint density at radius 3 is 1.88 bits per heavy atom. The molecule has 0 fully saturated rings. The van der Waals surface area contributed by atoms with E-state index in [1.807, 2.05) is 24.3 Å². The summed E-state index contributed by atoms with van der Waals surface area (Å²) in [6.45, 7) is 0. The van der Waals surface area contributed by atoms with Gasteiger partial charge in [0.25, 0.3) is 0 Å². The van der Waals surface area contributed by atoms with Crippen LogP contribution < -0.4 is 4.90 Å². The van der Waals surface area contributed by atoms with Gasteiger partial charge in [-0.05, 0) is 85.1 Å². The molecular weight excluding hydrogens is 488 g/mol. The first-order valence-electron chi connectivity index (χ1n) is 14.1. The fraction of sp³-hybridized carbons (Fsp3) is 0.108. The summed E-state index contributed by atoms with van der Waals surface area (Å²) in [5.74, 6) is 0.472. The minimum absolute atomic E-state index is 0.0422. The molecule has 2 heterocycles. The third kappa shape index (κ3) is 3.48. The van der Waals surface area contributed by atoms with Crippen molar-refractivity contribution < 1.29 is 4.79 Å². The van der Waals surface area contributed by atoms with Gasteiger partial charge in [-0.1, -0.05) is 66.7 Å². The van der Waals surface area contributed by atoms with Gasteiger partial charge < -0.3 is 9.47 Å². The molecule has 1 aliphatic carbocycles. The van der Waals surface area contributed by atoms with E-state index in [4.69, 9.17) is 0 Å². The van der Waals surface area contributed by atoms with Gasteiger partial charge in [-0.3, -0.25) is 4.79 Å². The maximum atomic E-state index is 13.5. The van der Waals surface area contributed by atoms with E-state index in [0.29, 0.717) is 23.1 Å². The predicted octanol–water partition coefficient (Wildman–Crippen LogP) is 8.97. The first kappa shape index (κ1) is 23.0. The van der Waals surface area contributed by atoms with Crippen molar-refractivity contribution in [2.75, 3.05) is 4.90 Å². The molecule has 0 saturated heterocycles. The van der Waals surface area contributed by atoms with Gasteiger partial charge in [0, 0.05) is 50.9 Å². The summed E-state index contributed by atoms with van der Waals surface area (Å²) in [4.78, 5) is 16.0. The van der Waals surface area contributed by atoms with Crippen molar-refractivity contribution in [3.63, 3.8) is 0 Å². The van der Waals surface area contributed by atoms with Crippen LogP contribution in [-0.4, -0.2) is 16.4 Å². The molecule has 40 heavy (non-hydrogen) atoms. The van der Waals surface area contributed by atoms with Crippen LogP contribution in [0.3, 0.4) is 0 Å². The number of ketones is 1. The molecule has 0 N–H and O–H groups in total. The molecule has 1 aliphatic heterocycles. The molecule has 6 aromatic rings. The Labute approximate surface area is 233 Å². The average Bonchev–Trinajstić information content (AvgIpc) is 3.54. The van der Waals surface area contributed by atoms with Crippen LogP contribution in [0.2, 0.25) is 0 Å². The van der Waals surface area contributed by atoms with E-state index in [1.54, 1.807) is 0 Å². The lowest BCUT2D eigenvalue weighted by Crippen LogP contribution is -2.30. The predicted molar refractivity (Wildman–Crippen MR) is 164 cm³/mol. The summed E-state index contributed by atoms with van der Waals surface area (Å²) >= 11 is 0. The first-order chi connectivity index (χ1) is 19.8. The Hall–Kier alpha value is -4.89. The summed E-state index contributed by atoms with van der Waals surface area (Å²) in [5, 5.41) is 2.46. The Balaban J connectivity index is 1.10. The maximum absolute atomic E-state index is 13.5. The van der Waals surface area contributed by atoms with Gasteiger partial charge in [-0.2, -0.15) is 0 Å². The summed E-state index contributed by atoms with van der Waals surface area (Å²) < 4.78 is 2.27. The normalized spacial score (nSPS) is 17.8. The second kappa shape index (κ2) is 9.10. The molecule has 3 heteroatoms. The van der Waals surface area contributed by atoms with E-state index in [2.05, 4.69) is 119 Å². The second-order valence-corrected chi connectivity index (χ2v) is 10.8. The van der Waals surface area contributed by atoms with Crippen molar-refractivity contribution in [1.29, 1.82) is 0 Å². The smallest absolute Gasteiger partial charge is 0.193 e. The highest BCUT2D eigenvalue weighted by atomic mass is 16.1. The topological polar surface area (TPSA) is 25.2 Å². The Bertz CT molecular complexity index is 1870. The van der Waals surface area contributed by atoms with Crippen LogP contribution in [0.1, 0.15) is 40.2 Å².